The largest absolute Gasteiger partial charge is 0.493 e. The molecular weight excluding hydrogens is 370 g/mol. The Morgan fingerprint density at radius 1 is 0.966 bits per heavy atom. The lowest BCUT2D eigenvalue weighted by molar-refractivity contribution is -0.117. The van der Waals surface area contributed by atoms with E-state index < -0.39 is 0 Å². The fourth-order valence-electron chi connectivity index (χ4n) is 2.99. The molecule has 1 atom stereocenters. The van der Waals surface area contributed by atoms with Gasteiger partial charge in [-0.1, -0.05) is 18.2 Å². The maximum atomic E-state index is 12.3. The van der Waals surface area contributed by atoms with Crippen LogP contribution in [-0.2, 0) is 4.79 Å². The van der Waals surface area contributed by atoms with Gasteiger partial charge < -0.3 is 24.3 Å². The van der Waals surface area contributed by atoms with Gasteiger partial charge in [0, 0.05) is 11.6 Å². The number of methoxy groups -OCH3 is 3. The Bertz CT molecular complexity index is 856. The zero-order valence-corrected chi connectivity index (χ0v) is 17.9. The van der Waals surface area contributed by atoms with Gasteiger partial charge in [-0.25, -0.2) is 0 Å². The number of carbonyl (C=O) groups is 1. The predicted molar refractivity (Wildman–Crippen MR) is 114 cm³/mol. The fourth-order valence-corrected chi connectivity index (χ4v) is 2.99. The molecule has 0 radical (unpaired) electrons. The molecule has 29 heavy (non-hydrogen) atoms. The SMILES string of the molecule is COc1ccc(/C=C/C(=O)NC(C)COc2c(C)cccc2C)c(OC)c1OC. The van der Waals surface area contributed by atoms with Crippen molar-refractivity contribution in [3.63, 3.8) is 0 Å². The summed E-state index contributed by atoms with van der Waals surface area (Å²) in [5, 5.41) is 2.90. The Hall–Kier alpha value is -3.15. The van der Waals surface area contributed by atoms with Crippen LogP contribution in [0.5, 0.6) is 23.0 Å². The Balaban J connectivity index is 2.00. The minimum atomic E-state index is -0.223. The van der Waals surface area contributed by atoms with Gasteiger partial charge in [0.2, 0.25) is 11.7 Å². The molecule has 0 spiro atoms. The second kappa shape index (κ2) is 10.4. The van der Waals surface area contributed by atoms with Crippen molar-refractivity contribution in [1.82, 2.24) is 5.32 Å². The van der Waals surface area contributed by atoms with Crippen molar-refractivity contribution in [2.45, 2.75) is 26.8 Å². The van der Waals surface area contributed by atoms with Gasteiger partial charge >= 0.3 is 0 Å². The number of aryl methyl sites for hydroxylation is 2. The number of para-hydroxylation sites is 1. The first-order valence-corrected chi connectivity index (χ1v) is 9.37. The molecule has 1 amide bonds. The highest BCUT2D eigenvalue weighted by Gasteiger charge is 2.14. The maximum absolute atomic E-state index is 12.3. The van der Waals surface area contributed by atoms with Crippen LogP contribution in [0.3, 0.4) is 0 Å². The number of hydrogen-bond donors (Lipinski definition) is 1. The Kier molecular flexibility index (Phi) is 7.95. The first-order valence-electron chi connectivity index (χ1n) is 9.37. The topological polar surface area (TPSA) is 66.0 Å². The number of nitrogens with one attached hydrogen (secondary N) is 1. The highest BCUT2D eigenvalue weighted by atomic mass is 16.5. The van der Waals surface area contributed by atoms with E-state index in [-0.39, 0.29) is 11.9 Å². The summed E-state index contributed by atoms with van der Waals surface area (Å²) >= 11 is 0. The minimum absolute atomic E-state index is 0.154. The van der Waals surface area contributed by atoms with Gasteiger partial charge in [0.25, 0.3) is 0 Å². The smallest absolute Gasteiger partial charge is 0.244 e. The van der Waals surface area contributed by atoms with Crippen LogP contribution in [-0.4, -0.2) is 39.9 Å². The first-order chi connectivity index (χ1) is 13.9. The fraction of sp³-hybridized carbons (Fsp3) is 0.348. The van der Waals surface area contributed by atoms with E-state index in [1.807, 2.05) is 39.0 Å². The summed E-state index contributed by atoms with van der Waals surface area (Å²) in [4.78, 5) is 12.3. The highest BCUT2D eigenvalue weighted by Crippen LogP contribution is 2.40. The Labute approximate surface area is 172 Å². The van der Waals surface area contributed by atoms with Crippen LogP contribution >= 0.6 is 0 Å². The van der Waals surface area contributed by atoms with Crippen LogP contribution in [0.2, 0.25) is 0 Å². The van der Waals surface area contributed by atoms with E-state index in [9.17, 15) is 4.79 Å². The van der Waals surface area contributed by atoms with Gasteiger partial charge in [0.05, 0.1) is 27.4 Å². The van der Waals surface area contributed by atoms with Crippen LogP contribution in [0.25, 0.3) is 6.08 Å². The molecule has 2 aromatic carbocycles. The summed E-state index contributed by atoms with van der Waals surface area (Å²) in [6, 6.07) is 9.42. The molecule has 0 saturated carbocycles. The molecular formula is C23H29NO5. The quantitative estimate of drug-likeness (QED) is 0.648. The van der Waals surface area contributed by atoms with Crippen LogP contribution < -0.4 is 24.3 Å². The third-order valence-corrected chi connectivity index (χ3v) is 4.42. The standard InChI is InChI=1S/C23H29NO5/c1-15-8-7-9-16(2)21(15)29-14-17(3)24-20(25)13-11-18-10-12-19(26-4)23(28-6)22(18)27-5/h7-13,17H,14H2,1-6H3,(H,24,25)/b13-11+. The lowest BCUT2D eigenvalue weighted by Crippen LogP contribution is -2.35. The number of amides is 1. The second-order valence-electron chi connectivity index (χ2n) is 6.70. The molecule has 0 bridgehead atoms. The van der Waals surface area contributed by atoms with Gasteiger partial charge in [0.1, 0.15) is 12.4 Å². The molecule has 1 N–H and O–H groups in total. The van der Waals surface area contributed by atoms with Crippen LogP contribution in [0.1, 0.15) is 23.6 Å². The van der Waals surface area contributed by atoms with Crippen molar-refractivity contribution in [2.75, 3.05) is 27.9 Å². The van der Waals surface area contributed by atoms with E-state index in [0.29, 0.717) is 29.4 Å². The molecule has 0 saturated heterocycles. The molecule has 1 unspecified atom stereocenters. The Morgan fingerprint density at radius 3 is 2.21 bits per heavy atom. The van der Waals surface area contributed by atoms with E-state index in [4.69, 9.17) is 18.9 Å². The first kappa shape index (κ1) is 22.1. The minimum Gasteiger partial charge on any atom is -0.493 e. The third-order valence-electron chi connectivity index (χ3n) is 4.42. The van der Waals surface area contributed by atoms with Crippen molar-refractivity contribution in [2.24, 2.45) is 0 Å². The number of carbonyl (C=O) groups excluding carboxylic acids is 1. The molecule has 0 aromatic heterocycles. The van der Waals surface area contributed by atoms with Crippen LogP contribution in [0, 0.1) is 13.8 Å². The summed E-state index contributed by atoms with van der Waals surface area (Å²) in [6.07, 6.45) is 3.13. The summed E-state index contributed by atoms with van der Waals surface area (Å²) in [7, 11) is 4.64. The molecule has 156 valence electrons. The van der Waals surface area contributed by atoms with Crippen molar-refractivity contribution >= 4 is 12.0 Å². The van der Waals surface area contributed by atoms with E-state index >= 15 is 0 Å². The van der Waals surface area contributed by atoms with Crippen molar-refractivity contribution < 1.29 is 23.7 Å². The number of rotatable bonds is 9. The summed E-state index contributed by atoms with van der Waals surface area (Å²) in [5.41, 5.74) is 2.85. The number of benzene rings is 2. The number of ether oxygens (including phenoxy) is 4. The van der Waals surface area contributed by atoms with Gasteiger partial charge in [0.15, 0.2) is 11.5 Å². The summed E-state index contributed by atoms with van der Waals surface area (Å²) in [5.74, 6) is 2.18. The normalized spacial score (nSPS) is 11.8. The van der Waals surface area contributed by atoms with Crippen molar-refractivity contribution in [3.05, 3.63) is 53.1 Å². The predicted octanol–water partition coefficient (Wildman–Crippen LogP) is 3.93. The zero-order valence-electron chi connectivity index (χ0n) is 17.9. The van der Waals surface area contributed by atoms with Crippen LogP contribution in [0.4, 0.5) is 0 Å². The zero-order chi connectivity index (χ0) is 21.4. The average Bonchev–Trinajstić information content (AvgIpc) is 2.70. The van der Waals surface area contributed by atoms with Crippen LogP contribution in [0.15, 0.2) is 36.4 Å². The molecule has 0 heterocycles. The molecule has 6 heteroatoms. The molecule has 0 aliphatic rings. The molecule has 6 nitrogen and oxygen atoms in total. The summed E-state index contributed by atoms with van der Waals surface area (Å²) in [6.45, 7) is 6.29. The van der Waals surface area contributed by atoms with Gasteiger partial charge in [-0.15, -0.1) is 0 Å². The monoisotopic (exact) mass is 399 g/mol. The molecule has 2 rings (SSSR count). The Morgan fingerprint density at radius 2 is 1.62 bits per heavy atom. The molecule has 0 aliphatic carbocycles. The average molecular weight is 399 g/mol. The lowest BCUT2D eigenvalue weighted by atomic mass is 10.1. The van der Waals surface area contributed by atoms with E-state index in [1.165, 1.54) is 6.08 Å². The van der Waals surface area contributed by atoms with Crippen molar-refractivity contribution in [3.8, 4) is 23.0 Å². The van der Waals surface area contributed by atoms with Crippen molar-refractivity contribution in [1.29, 1.82) is 0 Å². The van der Waals surface area contributed by atoms with E-state index in [0.717, 1.165) is 16.9 Å². The molecule has 0 fully saturated rings. The third kappa shape index (κ3) is 5.67. The van der Waals surface area contributed by atoms with E-state index in [2.05, 4.69) is 5.32 Å². The number of hydrogen-bond acceptors (Lipinski definition) is 5. The van der Waals surface area contributed by atoms with Gasteiger partial charge in [-0.05, 0) is 50.1 Å². The second-order valence-corrected chi connectivity index (χ2v) is 6.70. The maximum Gasteiger partial charge on any atom is 0.244 e. The highest BCUT2D eigenvalue weighted by molar-refractivity contribution is 5.92. The van der Waals surface area contributed by atoms with Gasteiger partial charge in [-0.2, -0.15) is 0 Å². The van der Waals surface area contributed by atoms with Gasteiger partial charge in [-0.3, -0.25) is 4.79 Å². The lowest BCUT2D eigenvalue weighted by Gasteiger charge is -2.17. The summed E-state index contributed by atoms with van der Waals surface area (Å²) < 4.78 is 22.0. The molecule has 0 aliphatic heterocycles. The van der Waals surface area contributed by atoms with E-state index in [1.54, 1.807) is 39.5 Å². The molecule has 2 aromatic rings.